The number of Topliss-reactive ketones (excluding diaryl/α,β-unsaturated/α-hetero) is 1. The van der Waals surface area contributed by atoms with Gasteiger partial charge in [0.25, 0.3) is 5.91 Å². The molecule has 20 heavy (non-hydrogen) atoms. The minimum absolute atomic E-state index is 0.0214. The number of nitrogens with zero attached hydrogens (tertiary/aromatic N) is 1. The topological polar surface area (TPSA) is 57.6 Å². The van der Waals surface area contributed by atoms with Crippen LogP contribution >= 0.6 is 0 Å². The summed E-state index contributed by atoms with van der Waals surface area (Å²) in [6.45, 7) is 7.51. The smallest absolute Gasteiger partial charge is 0.262 e. The Hall–Kier alpha value is -2.10. The van der Waals surface area contributed by atoms with Crippen molar-refractivity contribution in [3.05, 3.63) is 41.0 Å². The average molecular weight is 273 g/mol. The minimum Gasteiger partial charge on any atom is -0.506 e. The van der Waals surface area contributed by atoms with Gasteiger partial charge in [-0.1, -0.05) is 23.8 Å². The quantitative estimate of drug-likeness (QED) is 0.486. The molecule has 1 aliphatic rings. The molecule has 0 unspecified atom stereocenters. The molecule has 0 saturated carbocycles. The van der Waals surface area contributed by atoms with Crippen LogP contribution in [0.25, 0.3) is 5.76 Å². The highest BCUT2D eigenvalue weighted by atomic mass is 16.3. The molecule has 0 aliphatic carbocycles. The molecule has 1 aliphatic heterocycles. The Kier molecular flexibility index (Phi) is 3.42. The fraction of sp³-hybridized carbons (Fsp3) is 0.375. The van der Waals surface area contributed by atoms with Gasteiger partial charge in [-0.2, -0.15) is 0 Å². The number of likely N-dealkylation sites (tertiary alicyclic amines) is 1. The molecule has 0 radical (unpaired) electrons. The third kappa shape index (κ3) is 2.46. The lowest BCUT2D eigenvalue weighted by atomic mass is 10.0. The lowest BCUT2D eigenvalue weighted by Gasteiger charge is -2.30. The van der Waals surface area contributed by atoms with E-state index >= 15 is 0 Å². The van der Waals surface area contributed by atoms with Gasteiger partial charge in [0.1, 0.15) is 11.3 Å². The summed E-state index contributed by atoms with van der Waals surface area (Å²) < 4.78 is 0. The van der Waals surface area contributed by atoms with Crippen LogP contribution in [0.1, 0.15) is 31.9 Å². The van der Waals surface area contributed by atoms with Gasteiger partial charge in [0, 0.05) is 11.1 Å². The largest absolute Gasteiger partial charge is 0.506 e. The van der Waals surface area contributed by atoms with Crippen LogP contribution in [0.2, 0.25) is 0 Å². The third-order valence-electron chi connectivity index (χ3n) is 3.38. The highest BCUT2D eigenvalue weighted by Crippen LogP contribution is 2.28. The van der Waals surface area contributed by atoms with Crippen molar-refractivity contribution in [2.24, 2.45) is 0 Å². The van der Waals surface area contributed by atoms with E-state index in [2.05, 4.69) is 0 Å². The number of hydrogen-bond acceptors (Lipinski definition) is 3. The predicted octanol–water partition coefficient (Wildman–Crippen LogP) is 2.47. The number of benzene rings is 1. The Morgan fingerprint density at radius 1 is 1.25 bits per heavy atom. The maximum atomic E-state index is 12.3. The summed E-state index contributed by atoms with van der Waals surface area (Å²) >= 11 is 0. The van der Waals surface area contributed by atoms with Crippen molar-refractivity contribution in [1.29, 1.82) is 0 Å². The Labute approximate surface area is 118 Å². The van der Waals surface area contributed by atoms with Crippen molar-refractivity contribution in [3.63, 3.8) is 0 Å². The van der Waals surface area contributed by atoms with Gasteiger partial charge in [-0.05, 0) is 33.8 Å². The lowest BCUT2D eigenvalue weighted by molar-refractivity contribution is -0.129. The van der Waals surface area contributed by atoms with Crippen LogP contribution in [-0.4, -0.2) is 33.8 Å². The van der Waals surface area contributed by atoms with Crippen LogP contribution in [-0.2, 0) is 9.59 Å². The molecule has 0 aromatic heterocycles. The van der Waals surface area contributed by atoms with Gasteiger partial charge in [0.15, 0.2) is 5.78 Å². The summed E-state index contributed by atoms with van der Waals surface area (Å²) in [6, 6.07) is 7.12. The second kappa shape index (κ2) is 4.78. The molecule has 106 valence electrons. The number of aliphatic hydroxyl groups is 1. The Balaban J connectivity index is 2.49. The van der Waals surface area contributed by atoms with Crippen molar-refractivity contribution in [2.75, 3.05) is 6.54 Å². The summed E-state index contributed by atoms with van der Waals surface area (Å²) in [6.07, 6.45) is 0. The Morgan fingerprint density at radius 3 is 2.40 bits per heavy atom. The first-order valence-corrected chi connectivity index (χ1v) is 6.57. The minimum atomic E-state index is -0.443. The molecule has 1 heterocycles. The molecule has 0 atom stereocenters. The molecule has 0 bridgehead atoms. The van der Waals surface area contributed by atoms with Gasteiger partial charge >= 0.3 is 0 Å². The fourth-order valence-electron chi connectivity index (χ4n) is 2.26. The molecule has 1 amide bonds. The zero-order valence-corrected chi connectivity index (χ0v) is 12.2. The average Bonchev–Trinajstić information content (AvgIpc) is 2.64. The van der Waals surface area contributed by atoms with E-state index in [1.807, 2.05) is 33.8 Å². The van der Waals surface area contributed by atoms with Crippen LogP contribution in [0.4, 0.5) is 0 Å². The standard InChI is InChI=1S/C16H19NO3/c1-10-6-5-7-11(8-10)14(19)13-12(18)9-17(15(13)20)16(2,3)4/h5-8,19H,9H2,1-4H3/b14-13-. The van der Waals surface area contributed by atoms with E-state index in [0.29, 0.717) is 5.56 Å². The number of carbonyl (C=O) groups excluding carboxylic acids is 2. The summed E-state index contributed by atoms with van der Waals surface area (Å²) in [5.41, 5.74) is 0.907. The van der Waals surface area contributed by atoms with E-state index in [-0.39, 0.29) is 23.7 Å². The first-order chi connectivity index (χ1) is 9.21. The van der Waals surface area contributed by atoms with Crippen molar-refractivity contribution >= 4 is 17.4 Å². The van der Waals surface area contributed by atoms with Crippen LogP contribution in [0, 0.1) is 6.92 Å². The number of rotatable bonds is 1. The second-order valence-electron chi connectivity index (χ2n) is 6.08. The van der Waals surface area contributed by atoms with Crippen LogP contribution < -0.4 is 0 Å². The summed E-state index contributed by atoms with van der Waals surface area (Å²) in [5, 5.41) is 10.3. The number of ketones is 1. The van der Waals surface area contributed by atoms with Crippen molar-refractivity contribution < 1.29 is 14.7 Å². The van der Waals surface area contributed by atoms with E-state index < -0.39 is 11.4 Å². The first-order valence-electron chi connectivity index (χ1n) is 6.57. The zero-order chi connectivity index (χ0) is 15.1. The zero-order valence-electron chi connectivity index (χ0n) is 12.2. The molecule has 1 aromatic rings. The number of carbonyl (C=O) groups is 2. The molecule has 4 nitrogen and oxygen atoms in total. The normalized spacial score (nSPS) is 18.7. The molecular formula is C16H19NO3. The Bertz CT molecular complexity index is 608. The Morgan fingerprint density at radius 2 is 1.90 bits per heavy atom. The van der Waals surface area contributed by atoms with Gasteiger partial charge in [-0.25, -0.2) is 0 Å². The van der Waals surface area contributed by atoms with E-state index in [0.717, 1.165) is 5.56 Å². The van der Waals surface area contributed by atoms with Gasteiger partial charge in [-0.15, -0.1) is 0 Å². The summed E-state index contributed by atoms with van der Waals surface area (Å²) in [7, 11) is 0. The van der Waals surface area contributed by atoms with Gasteiger partial charge in [0.05, 0.1) is 6.54 Å². The fourth-order valence-corrected chi connectivity index (χ4v) is 2.26. The molecule has 1 saturated heterocycles. The number of amides is 1. The molecule has 1 aromatic carbocycles. The third-order valence-corrected chi connectivity index (χ3v) is 3.38. The van der Waals surface area contributed by atoms with Crippen LogP contribution in [0.5, 0.6) is 0 Å². The van der Waals surface area contributed by atoms with E-state index in [9.17, 15) is 14.7 Å². The molecule has 0 spiro atoms. The van der Waals surface area contributed by atoms with Gasteiger partial charge < -0.3 is 10.0 Å². The molecular weight excluding hydrogens is 254 g/mol. The number of aryl methyl sites for hydroxylation is 1. The van der Waals surface area contributed by atoms with Gasteiger partial charge in [0.2, 0.25) is 0 Å². The molecule has 1 N–H and O–H groups in total. The summed E-state index contributed by atoms with van der Waals surface area (Å²) in [4.78, 5) is 25.9. The van der Waals surface area contributed by atoms with E-state index in [4.69, 9.17) is 0 Å². The number of aliphatic hydroxyl groups excluding tert-OH is 1. The molecule has 2 rings (SSSR count). The van der Waals surface area contributed by atoms with Crippen molar-refractivity contribution in [2.45, 2.75) is 33.2 Å². The van der Waals surface area contributed by atoms with Gasteiger partial charge in [-0.3, -0.25) is 9.59 Å². The number of hydrogen-bond donors (Lipinski definition) is 1. The molecule has 1 fully saturated rings. The highest BCUT2D eigenvalue weighted by molar-refractivity contribution is 6.28. The second-order valence-corrected chi connectivity index (χ2v) is 6.08. The maximum absolute atomic E-state index is 12.3. The lowest BCUT2D eigenvalue weighted by Crippen LogP contribution is -2.42. The summed E-state index contributed by atoms with van der Waals surface area (Å²) in [5.74, 6) is -0.958. The van der Waals surface area contributed by atoms with Crippen LogP contribution in [0.15, 0.2) is 29.8 Å². The van der Waals surface area contributed by atoms with Crippen LogP contribution in [0.3, 0.4) is 0 Å². The maximum Gasteiger partial charge on any atom is 0.262 e. The monoisotopic (exact) mass is 273 g/mol. The predicted molar refractivity (Wildman–Crippen MR) is 77.2 cm³/mol. The molecule has 4 heteroatoms. The van der Waals surface area contributed by atoms with E-state index in [1.165, 1.54) is 4.90 Å². The van der Waals surface area contributed by atoms with Crippen molar-refractivity contribution in [3.8, 4) is 0 Å². The SMILES string of the molecule is Cc1cccc(/C(O)=C2\C(=O)CN(C(C)(C)C)C2=O)c1. The van der Waals surface area contributed by atoms with Crippen molar-refractivity contribution in [1.82, 2.24) is 4.90 Å². The van der Waals surface area contributed by atoms with E-state index in [1.54, 1.807) is 18.2 Å². The first kappa shape index (κ1) is 14.3. The highest BCUT2D eigenvalue weighted by Gasteiger charge is 2.41.